The van der Waals surface area contributed by atoms with E-state index in [9.17, 15) is 0 Å². The molecule has 2 nitrogen and oxygen atoms in total. The van der Waals surface area contributed by atoms with Gasteiger partial charge in [-0.25, -0.2) is 0 Å². The van der Waals surface area contributed by atoms with Crippen LogP contribution in [0.15, 0.2) is 36.4 Å². The molecule has 0 spiro atoms. The van der Waals surface area contributed by atoms with Crippen molar-refractivity contribution in [3.8, 4) is 12.1 Å². The number of hydrogen-bond acceptors (Lipinski definition) is 2. The predicted octanol–water partition coefficient (Wildman–Crippen LogP) is 5.16. The second kappa shape index (κ2) is 9.06. The Labute approximate surface area is 134 Å². The Morgan fingerprint density at radius 2 is 1.73 bits per heavy atom. The average Bonchev–Trinajstić information content (AvgIpc) is 2.58. The first-order chi connectivity index (χ1) is 10.8. The van der Waals surface area contributed by atoms with Crippen molar-refractivity contribution in [2.45, 2.75) is 51.4 Å². The minimum absolute atomic E-state index is 0.634. The van der Waals surface area contributed by atoms with Gasteiger partial charge in [0.05, 0.1) is 17.7 Å². The highest BCUT2D eigenvalue weighted by atomic mass is 14.3. The maximum Gasteiger partial charge on any atom is 0.0991 e. The fraction of sp³-hybridized carbons (Fsp3) is 0.500. The van der Waals surface area contributed by atoms with Crippen LogP contribution in [0.4, 0.5) is 0 Å². The number of nitriles is 2. The normalized spacial score (nSPS) is 21.4. The lowest BCUT2D eigenvalue weighted by molar-refractivity contribution is 0.289. The summed E-state index contributed by atoms with van der Waals surface area (Å²) in [6, 6.07) is 12.2. The third-order valence-electron chi connectivity index (χ3n) is 4.75. The fourth-order valence-electron chi connectivity index (χ4n) is 3.36. The van der Waals surface area contributed by atoms with E-state index in [1.807, 2.05) is 12.1 Å². The first-order valence-corrected chi connectivity index (χ1v) is 8.37. The number of nitrogens with zero attached hydrogens (tertiary/aromatic N) is 2. The Morgan fingerprint density at radius 1 is 1.00 bits per heavy atom. The van der Waals surface area contributed by atoms with E-state index in [2.05, 4.69) is 30.3 Å². The molecule has 1 aliphatic carbocycles. The summed E-state index contributed by atoms with van der Waals surface area (Å²) < 4.78 is 0. The second-order valence-electron chi connectivity index (χ2n) is 6.32. The van der Waals surface area contributed by atoms with E-state index in [-0.39, 0.29) is 0 Å². The van der Waals surface area contributed by atoms with Crippen LogP contribution in [-0.2, 0) is 6.42 Å². The van der Waals surface area contributed by atoms with Crippen LogP contribution in [0.5, 0.6) is 0 Å². The molecule has 1 saturated carbocycles. The van der Waals surface area contributed by atoms with Gasteiger partial charge in [-0.05, 0) is 68.1 Å². The fourth-order valence-corrected chi connectivity index (χ4v) is 3.36. The number of rotatable bonds is 6. The summed E-state index contributed by atoms with van der Waals surface area (Å²) in [5.74, 6) is 1.52. The van der Waals surface area contributed by atoms with Gasteiger partial charge < -0.3 is 0 Å². The number of benzene rings is 1. The maximum atomic E-state index is 8.78. The maximum absolute atomic E-state index is 8.78. The second-order valence-corrected chi connectivity index (χ2v) is 6.32. The van der Waals surface area contributed by atoms with Gasteiger partial charge in [-0.2, -0.15) is 10.5 Å². The van der Waals surface area contributed by atoms with Gasteiger partial charge in [0, 0.05) is 6.08 Å². The zero-order valence-corrected chi connectivity index (χ0v) is 13.2. The number of allylic oxidation sites excluding steroid dienone is 2. The van der Waals surface area contributed by atoms with Crippen molar-refractivity contribution in [3.63, 3.8) is 0 Å². The summed E-state index contributed by atoms with van der Waals surface area (Å²) in [6.07, 6.45) is 13.8. The van der Waals surface area contributed by atoms with Gasteiger partial charge in [0.15, 0.2) is 0 Å². The van der Waals surface area contributed by atoms with Crippen LogP contribution in [-0.4, -0.2) is 0 Å². The standard InChI is InChI=1S/C20H24N2/c21-15-3-6-19-9-7-17(8-10-19)4-1-2-5-18-11-13-20(16-22)14-12-18/h3,6,11-14,17,19H,1-2,4-5,7-10H2/t17-,19-. The molecule has 1 aromatic rings. The van der Waals surface area contributed by atoms with Crippen LogP contribution in [0, 0.1) is 34.5 Å². The first kappa shape index (κ1) is 16.3. The molecule has 0 atom stereocenters. The average molecular weight is 292 g/mol. The van der Waals surface area contributed by atoms with Gasteiger partial charge in [0.25, 0.3) is 0 Å². The van der Waals surface area contributed by atoms with Crippen molar-refractivity contribution >= 4 is 0 Å². The molecule has 22 heavy (non-hydrogen) atoms. The van der Waals surface area contributed by atoms with Crippen LogP contribution in [0.25, 0.3) is 0 Å². The molecular formula is C20H24N2. The highest BCUT2D eigenvalue weighted by Gasteiger charge is 2.18. The molecule has 2 rings (SSSR count). The SMILES string of the molecule is N#CC=C[C@H]1CC[C@H](CCCCc2ccc(C#N)cc2)CC1. The smallest absolute Gasteiger partial charge is 0.0991 e. The quantitative estimate of drug-likeness (QED) is 0.537. The summed E-state index contributed by atoms with van der Waals surface area (Å²) in [4.78, 5) is 0. The van der Waals surface area contributed by atoms with Gasteiger partial charge in [0.1, 0.15) is 0 Å². The zero-order valence-electron chi connectivity index (χ0n) is 13.2. The van der Waals surface area contributed by atoms with Gasteiger partial charge in [-0.15, -0.1) is 0 Å². The Morgan fingerprint density at radius 3 is 2.36 bits per heavy atom. The summed E-state index contributed by atoms with van der Waals surface area (Å²) in [5.41, 5.74) is 2.08. The molecule has 0 unspecified atom stereocenters. The Bertz CT molecular complexity index is 549. The molecule has 1 aliphatic rings. The van der Waals surface area contributed by atoms with Crippen LogP contribution < -0.4 is 0 Å². The Hall–Kier alpha value is -2.06. The largest absolute Gasteiger partial charge is 0.193 e. The van der Waals surface area contributed by atoms with Crippen molar-refractivity contribution in [1.82, 2.24) is 0 Å². The monoisotopic (exact) mass is 292 g/mol. The molecule has 0 N–H and O–H groups in total. The number of hydrogen-bond donors (Lipinski definition) is 0. The molecule has 0 radical (unpaired) electrons. The van der Waals surface area contributed by atoms with Crippen molar-refractivity contribution in [2.24, 2.45) is 11.8 Å². The lowest BCUT2D eigenvalue weighted by Gasteiger charge is -2.26. The van der Waals surface area contributed by atoms with E-state index in [0.717, 1.165) is 17.9 Å². The molecule has 0 saturated heterocycles. The minimum Gasteiger partial charge on any atom is -0.193 e. The third-order valence-corrected chi connectivity index (χ3v) is 4.75. The summed E-state index contributed by atoms with van der Waals surface area (Å²) in [6.45, 7) is 0. The molecule has 1 aromatic carbocycles. The molecule has 0 heterocycles. The molecule has 1 fully saturated rings. The van der Waals surface area contributed by atoms with Crippen molar-refractivity contribution in [1.29, 1.82) is 10.5 Å². The van der Waals surface area contributed by atoms with Crippen molar-refractivity contribution < 1.29 is 0 Å². The molecule has 0 aliphatic heterocycles. The van der Waals surface area contributed by atoms with Crippen LogP contribution in [0.1, 0.15) is 56.1 Å². The van der Waals surface area contributed by atoms with Crippen molar-refractivity contribution in [3.05, 3.63) is 47.5 Å². The highest BCUT2D eigenvalue weighted by molar-refractivity contribution is 5.31. The predicted molar refractivity (Wildman–Crippen MR) is 88.9 cm³/mol. The summed E-state index contributed by atoms with van der Waals surface area (Å²) >= 11 is 0. The topological polar surface area (TPSA) is 47.6 Å². The molecule has 0 amide bonds. The molecule has 0 aromatic heterocycles. The minimum atomic E-state index is 0.634. The van der Waals surface area contributed by atoms with Crippen LogP contribution in [0.3, 0.4) is 0 Å². The Kier molecular flexibility index (Phi) is 6.72. The highest BCUT2D eigenvalue weighted by Crippen LogP contribution is 2.32. The molecule has 2 heteroatoms. The summed E-state index contributed by atoms with van der Waals surface area (Å²) in [7, 11) is 0. The summed E-state index contributed by atoms with van der Waals surface area (Å²) in [5, 5.41) is 17.3. The van der Waals surface area contributed by atoms with Crippen LogP contribution >= 0.6 is 0 Å². The van der Waals surface area contributed by atoms with Crippen LogP contribution in [0.2, 0.25) is 0 Å². The molecular weight excluding hydrogens is 268 g/mol. The lowest BCUT2D eigenvalue weighted by Crippen LogP contribution is -2.13. The van der Waals surface area contributed by atoms with Crippen molar-refractivity contribution in [2.75, 3.05) is 0 Å². The lowest BCUT2D eigenvalue weighted by atomic mass is 9.79. The van der Waals surface area contributed by atoms with E-state index < -0.39 is 0 Å². The molecule has 0 bridgehead atoms. The number of aryl methyl sites for hydroxylation is 1. The van der Waals surface area contributed by atoms with E-state index in [4.69, 9.17) is 10.5 Å². The first-order valence-electron chi connectivity index (χ1n) is 8.37. The van der Waals surface area contributed by atoms with Gasteiger partial charge in [0.2, 0.25) is 0 Å². The van der Waals surface area contributed by atoms with Gasteiger partial charge >= 0.3 is 0 Å². The van der Waals surface area contributed by atoms with E-state index in [1.165, 1.54) is 50.5 Å². The number of unbranched alkanes of at least 4 members (excludes halogenated alkanes) is 1. The third kappa shape index (κ3) is 5.38. The Balaban J connectivity index is 1.60. The molecule has 114 valence electrons. The van der Waals surface area contributed by atoms with E-state index in [1.54, 1.807) is 6.08 Å². The van der Waals surface area contributed by atoms with Gasteiger partial charge in [-0.3, -0.25) is 0 Å². The van der Waals surface area contributed by atoms with E-state index in [0.29, 0.717) is 5.92 Å². The van der Waals surface area contributed by atoms with E-state index >= 15 is 0 Å². The van der Waals surface area contributed by atoms with Gasteiger partial charge in [-0.1, -0.05) is 31.1 Å². The zero-order chi connectivity index (χ0) is 15.6.